The molecule has 2 aromatic carbocycles. The first-order valence-electron chi connectivity index (χ1n) is 8.37. The molecule has 0 radical (unpaired) electrons. The SMILES string of the molecule is CCCNC(C)CCc1ccc(OCc2cccc(Cl)c2)cc1. The van der Waals surface area contributed by atoms with E-state index in [0.29, 0.717) is 12.6 Å². The molecule has 2 aromatic rings. The van der Waals surface area contributed by atoms with Gasteiger partial charge in [0.1, 0.15) is 12.4 Å². The first kappa shape index (κ1) is 17.8. The summed E-state index contributed by atoms with van der Waals surface area (Å²) in [4.78, 5) is 0. The molecule has 2 nitrogen and oxygen atoms in total. The second-order valence-corrected chi connectivity index (χ2v) is 6.39. The van der Waals surface area contributed by atoms with Crippen LogP contribution in [0.5, 0.6) is 5.75 Å². The summed E-state index contributed by atoms with van der Waals surface area (Å²) in [6.45, 7) is 6.08. The molecular weight excluding hydrogens is 306 g/mol. The van der Waals surface area contributed by atoms with E-state index < -0.39 is 0 Å². The van der Waals surface area contributed by atoms with Gasteiger partial charge in [0.25, 0.3) is 0 Å². The average molecular weight is 332 g/mol. The molecule has 0 amide bonds. The van der Waals surface area contributed by atoms with Crippen molar-refractivity contribution in [1.29, 1.82) is 0 Å². The van der Waals surface area contributed by atoms with Crippen LogP contribution < -0.4 is 10.1 Å². The Balaban J connectivity index is 1.78. The quantitative estimate of drug-likeness (QED) is 0.678. The number of hydrogen-bond donors (Lipinski definition) is 1. The Morgan fingerprint density at radius 1 is 1.09 bits per heavy atom. The maximum atomic E-state index is 5.98. The number of ether oxygens (including phenoxy) is 1. The third-order valence-electron chi connectivity index (χ3n) is 3.83. The van der Waals surface area contributed by atoms with Crippen molar-refractivity contribution in [3.8, 4) is 5.75 Å². The predicted octanol–water partition coefficient (Wildman–Crippen LogP) is 5.24. The van der Waals surface area contributed by atoms with Crippen molar-refractivity contribution in [1.82, 2.24) is 5.32 Å². The summed E-state index contributed by atoms with van der Waals surface area (Å²) in [5, 5.41) is 4.26. The molecule has 0 saturated heterocycles. The lowest BCUT2D eigenvalue weighted by atomic mass is 10.1. The highest BCUT2D eigenvalue weighted by atomic mass is 35.5. The second kappa shape index (κ2) is 9.59. The topological polar surface area (TPSA) is 21.3 Å². The maximum Gasteiger partial charge on any atom is 0.119 e. The van der Waals surface area contributed by atoms with Crippen molar-refractivity contribution < 1.29 is 4.74 Å². The van der Waals surface area contributed by atoms with Gasteiger partial charge in [-0.3, -0.25) is 0 Å². The van der Waals surface area contributed by atoms with E-state index >= 15 is 0 Å². The number of rotatable bonds is 9. The number of halogens is 1. The Morgan fingerprint density at radius 3 is 2.57 bits per heavy atom. The molecule has 1 atom stereocenters. The summed E-state index contributed by atoms with van der Waals surface area (Å²) >= 11 is 5.98. The molecule has 0 spiro atoms. The Bertz CT molecular complexity index is 582. The van der Waals surface area contributed by atoms with Gasteiger partial charge >= 0.3 is 0 Å². The van der Waals surface area contributed by atoms with Crippen molar-refractivity contribution in [2.45, 2.75) is 45.8 Å². The normalized spacial score (nSPS) is 12.1. The maximum absolute atomic E-state index is 5.98. The third-order valence-corrected chi connectivity index (χ3v) is 4.06. The Morgan fingerprint density at radius 2 is 1.87 bits per heavy atom. The van der Waals surface area contributed by atoms with Crippen LogP contribution in [0.1, 0.15) is 37.8 Å². The number of nitrogens with one attached hydrogen (secondary N) is 1. The van der Waals surface area contributed by atoms with Crippen LogP contribution in [0.3, 0.4) is 0 Å². The van der Waals surface area contributed by atoms with Crippen LogP contribution in [-0.2, 0) is 13.0 Å². The molecule has 0 aliphatic carbocycles. The molecule has 3 heteroatoms. The Labute approximate surface area is 144 Å². The lowest BCUT2D eigenvalue weighted by molar-refractivity contribution is 0.306. The summed E-state index contributed by atoms with van der Waals surface area (Å²) in [6.07, 6.45) is 3.43. The highest BCUT2D eigenvalue weighted by Gasteiger charge is 2.02. The van der Waals surface area contributed by atoms with Crippen molar-refractivity contribution in [3.63, 3.8) is 0 Å². The molecule has 1 N–H and O–H groups in total. The molecular formula is C20H26ClNO. The van der Waals surface area contributed by atoms with Crippen LogP contribution in [0.25, 0.3) is 0 Å². The van der Waals surface area contributed by atoms with Crippen molar-refractivity contribution in [2.24, 2.45) is 0 Å². The third kappa shape index (κ3) is 6.64. The van der Waals surface area contributed by atoms with E-state index in [1.807, 2.05) is 36.4 Å². The van der Waals surface area contributed by atoms with E-state index in [1.165, 1.54) is 12.0 Å². The van der Waals surface area contributed by atoms with E-state index in [9.17, 15) is 0 Å². The van der Waals surface area contributed by atoms with E-state index in [1.54, 1.807) is 0 Å². The van der Waals surface area contributed by atoms with Gasteiger partial charge in [0.05, 0.1) is 0 Å². The van der Waals surface area contributed by atoms with Gasteiger partial charge in [0.2, 0.25) is 0 Å². The predicted molar refractivity (Wildman–Crippen MR) is 98.3 cm³/mol. The van der Waals surface area contributed by atoms with Crippen LogP contribution in [0.15, 0.2) is 48.5 Å². The van der Waals surface area contributed by atoms with Gasteiger partial charge in [0.15, 0.2) is 0 Å². The molecule has 1 unspecified atom stereocenters. The summed E-state index contributed by atoms with van der Waals surface area (Å²) in [6, 6.07) is 16.7. The van der Waals surface area contributed by atoms with Gasteiger partial charge in [0, 0.05) is 11.1 Å². The lowest BCUT2D eigenvalue weighted by Crippen LogP contribution is -2.27. The van der Waals surface area contributed by atoms with Gasteiger partial charge in [-0.25, -0.2) is 0 Å². The molecule has 0 fully saturated rings. The van der Waals surface area contributed by atoms with Crippen molar-refractivity contribution in [2.75, 3.05) is 6.54 Å². The minimum absolute atomic E-state index is 0.540. The average Bonchev–Trinajstić information content (AvgIpc) is 2.57. The molecule has 124 valence electrons. The zero-order valence-corrected chi connectivity index (χ0v) is 14.8. The molecule has 0 aliphatic rings. The number of benzene rings is 2. The lowest BCUT2D eigenvalue weighted by Gasteiger charge is -2.13. The Kier molecular flexibility index (Phi) is 7.44. The van der Waals surface area contributed by atoms with Gasteiger partial charge in [-0.05, 0) is 68.1 Å². The minimum Gasteiger partial charge on any atom is -0.489 e. The molecule has 0 bridgehead atoms. The molecule has 0 heterocycles. The van der Waals surface area contributed by atoms with Gasteiger partial charge in [-0.15, -0.1) is 0 Å². The van der Waals surface area contributed by atoms with Gasteiger partial charge in [-0.2, -0.15) is 0 Å². The zero-order chi connectivity index (χ0) is 16.5. The van der Waals surface area contributed by atoms with Crippen LogP contribution >= 0.6 is 11.6 Å². The summed E-state index contributed by atoms with van der Waals surface area (Å²) in [5.41, 5.74) is 2.43. The molecule has 2 rings (SSSR count). The summed E-state index contributed by atoms with van der Waals surface area (Å²) in [5.74, 6) is 0.894. The van der Waals surface area contributed by atoms with E-state index in [-0.39, 0.29) is 0 Å². The number of aryl methyl sites for hydroxylation is 1. The van der Waals surface area contributed by atoms with Crippen molar-refractivity contribution in [3.05, 3.63) is 64.7 Å². The molecule has 0 saturated carbocycles. The second-order valence-electron chi connectivity index (χ2n) is 5.96. The molecule has 0 aromatic heterocycles. The molecule has 0 aliphatic heterocycles. The first-order chi connectivity index (χ1) is 11.2. The highest BCUT2D eigenvalue weighted by Crippen LogP contribution is 2.17. The summed E-state index contributed by atoms with van der Waals surface area (Å²) in [7, 11) is 0. The fourth-order valence-electron chi connectivity index (χ4n) is 2.42. The van der Waals surface area contributed by atoms with E-state index in [4.69, 9.17) is 16.3 Å². The summed E-state index contributed by atoms with van der Waals surface area (Å²) < 4.78 is 5.81. The Hall–Kier alpha value is -1.51. The van der Waals surface area contributed by atoms with Crippen molar-refractivity contribution >= 4 is 11.6 Å². The zero-order valence-electron chi connectivity index (χ0n) is 14.0. The van der Waals surface area contributed by atoms with E-state index in [0.717, 1.165) is 35.7 Å². The molecule has 23 heavy (non-hydrogen) atoms. The monoisotopic (exact) mass is 331 g/mol. The smallest absolute Gasteiger partial charge is 0.119 e. The van der Waals surface area contributed by atoms with Crippen LogP contribution in [0.4, 0.5) is 0 Å². The largest absolute Gasteiger partial charge is 0.489 e. The van der Waals surface area contributed by atoms with Gasteiger partial charge < -0.3 is 10.1 Å². The fraction of sp³-hybridized carbons (Fsp3) is 0.400. The van der Waals surface area contributed by atoms with Crippen LogP contribution in [0, 0.1) is 0 Å². The standard InChI is InChI=1S/C20H26ClNO/c1-3-13-22-16(2)7-8-17-9-11-20(12-10-17)23-15-18-5-4-6-19(21)14-18/h4-6,9-12,14,16,22H,3,7-8,13,15H2,1-2H3. The van der Waals surface area contributed by atoms with Crippen LogP contribution in [0.2, 0.25) is 5.02 Å². The first-order valence-corrected chi connectivity index (χ1v) is 8.74. The van der Waals surface area contributed by atoms with E-state index in [2.05, 4.69) is 31.3 Å². The van der Waals surface area contributed by atoms with Crippen LogP contribution in [-0.4, -0.2) is 12.6 Å². The fourth-order valence-corrected chi connectivity index (χ4v) is 2.63. The highest BCUT2D eigenvalue weighted by molar-refractivity contribution is 6.30. The number of hydrogen-bond acceptors (Lipinski definition) is 2. The van der Waals surface area contributed by atoms with Gasteiger partial charge in [-0.1, -0.05) is 42.8 Å². The minimum atomic E-state index is 0.540.